The fourth-order valence-corrected chi connectivity index (χ4v) is 2.79. The Morgan fingerprint density at radius 1 is 1.18 bits per heavy atom. The lowest BCUT2D eigenvalue weighted by Crippen LogP contribution is -2.46. The van der Waals surface area contributed by atoms with Gasteiger partial charge in [-0.25, -0.2) is 4.79 Å². The fraction of sp³-hybridized carbons (Fsp3) is 0.533. The Balaban J connectivity index is 1.53. The number of carbonyl (C=O) groups is 1. The first kappa shape index (κ1) is 15.2. The third kappa shape index (κ3) is 3.56. The van der Waals surface area contributed by atoms with E-state index in [4.69, 9.17) is 25.8 Å². The fourth-order valence-electron chi connectivity index (χ4n) is 2.50. The normalized spacial score (nSPS) is 17.2. The molecule has 6 nitrogen and oxygen atoms in total. The van der Waals surface area contributed by atoms with Crippen LogP contribution in [0, 0.1) is 0 Å². The first-order valence-corrected chi connectivity index (χ1v) is 7.80. The highest BCUT2D eigenvalue weighted by molar-refractivity contribution is 6.32. The molecule has 0 unspecified atom stereocenters. The van der Waals surface area contributed by atoms with Crippen LogP contribution >= 0.6 is 11.6 Å². The summed E-state index contributed by atoms with van der Waals surface area (Å²) in [6, 6.07) is 3.73. The number of urea groups is 1. The Kier molecular flexibility index (Phi) is 4.90. The van der Waals surface area contributed by atoms with Gasteiger partial charge < -0.3 is 24.4 Å². The van der Waals surface area contributed by atoms with Crippen molar-refractivity contribution in [3.63, 3.8) is 0 Å². The van der Waals surface area contributed by atoms with Crippen molar-refractivity contribution >= 4 is 17.6 Å². The summed E-state index contributed by atoms with van der Waals surface area (Å²) in [7, 11) is 0. The lowest BCUT2D eigenvalue weighted by molar-refractivity contribution is 0.0533. The molecule has 22 heavy (non-hydrogen) atoms. The van der Waals surface area contributed by atoms with Gasteiger partial charge in [0.1, 0.15) is 13.2 Å². The van der Waals surface area contributed by atoms with E-state index in [-0.39, 0.29) is 6.03 Å². The molecule has 1 aromatic rings. The highest BCUT2D eigenvalue weighted by Crippen LogP contribution is 2.38. The molecule has 0 aromatic heterocycles. The number of nitrogens with zero attached hydrogens (tertiary/aromatic N) is 1. The topological polar surface area (TPSA) is 60.0 Å². The van der Waals surface area contributed by atoms with Crippen LogP contribution in [0.3, 0.4) is 0 Å². The molecule has 7 heteroatoms. The molecular formula is C15H19ClN2O4. The minimum atomic E-state index is -0.0491. The maximum atomic E-state index is 12.0. The lowest BCUT2D eigenvalue weighted by atomic mass is 10.1. The van der Waals surface area contributed by atoms with Crippen LogP contribution in [-0.2, 0) is 11.2 Å². The van der Waals surface area contributed by atoms with Crippen LogP contribution < -0.4 is 14.8 Å². The average Bonchev–Trinajstić information content (AvgIpc) is 2.56. The molecule has 2 aliphatic rings. The quantitative estimate of drug-likeness (QED) is 0.918. The number of rotatable bonds is 3. The van der Waals surface area contributed by atoms with E-state index in [0.29, 0.717) is 69.0 Å². The molecule has 2 amide bonds. The SMILES string of the molecule is O=C(NCCc1cc(Cl)c2c(c1)OCCO2)N1CCOCC1. The Bertz CT molecular complexity index is 547. The van der Waals surface area contributed by atoms with Gasteiger partial charge in [-0.2, -0.15) is 0 Å². The van der Waals surface area contributed by atoms with Gasteiger partial charge in [-0.3, -0.25) is 0 Å². The van der Waals surface area contributed by atoms with Crippen LogP contribution in [0.5, 0.6) is 11.5 Å². The van der Waals surface area contributed by atoms with E-state index in [1.165, 1.54) is 0 Å². The van der Waals surface area contributed by atoms with Gasteiger partial charge in [0.15, 0.2) is 11.5 Å². The molecule has 0 saturated carbocycles. The first-order chi connectivity index (χ1) is 10.7. The number of morpholine rings is 1. The van der Waals surface area contributed by atoms with Crippen LogP contribution in [0.15, 0.2) is 12.1 Å². The van der Waals surface area contributed by atoms with Crippen molar-refractivity contribution in [2.75, 3.05) is 46.1 Å². The number of carbonyl (C=O) groups excluding carboxylic acids is 1. The molecule has 1 saturated heterocycles. The van der Waals surface area contributed by atoms with E-state index in [2.05, 4.69) is 5.32 Å². The zero-order valence-corrected chi connectivity index (χ0v) is 13.0. The predicted molar refractivity (Wildman–Crippen MR) is 81.9 cm³/mol. The molecular weight excluding hydrogens is 308 g/mol. The summed E-state index contributed by atoms with van der Waals surface area (Å²) >= 11 is 6.20. The summed E-state index contributed by atoms with van der Waals surface area (Å²) in [6.45, 7) is 4.08. The number of nitrogens with one attached hydrogen (secondary N) is 1. The highest BCUT2D eigenvalue weighted by atomic mass is 35.5. The summed E-state index contributed by atoms with van der Waals surface area (Å²) in [5.74, 6) is 1.28. The summed E-state index contributed by atoms with van der Waals surface area (Å²) in [5, 5.41) is 3.46. The molecule has 0 radical (unpaired) electrons. The molecule has 2 aliphatic heterocycles. The van der Waals surface area contributed by atoms with Crippen molar-refractivity contribution in [1.29, 1.82) is 0 Å². The maximum absolute atomic E-state index is 12.0. The number of hydrogen-bond donors (Lipinski definition) is 1. The first-order valence-electron chi connectivity index (χ1n) is 7.42. The van der Waals surface area contributed by atoms with Gasteiger partial charge >= 0.3 is 6.03 Å². The molecule has 0 aliphatic carbocycles. The number of halogens is 1. The Hall–Kier alpha value is -1.66. The molecule has 1 N–H and O–H groups in total. The Labute approximate surface area is 134 Å². The zero-order valence-electron chi connectivity index (χ0n) is 12.3. The van der Waals surface area contributed by atoms with Crippen LogP contribution in [0.1, 0.15) is 5.56 Å². The van der Waals surface area contributed by atoms with E-state index in [0.717, 1.165) is 5.56 Å². The molecule has 2 heterocycles. The third-order valence-electron chi connectivity index (χ3n) is 3.64. The molecule has 1 fully saturated rings. The maximum Gasteiger partial charge on any atom is 0.317 e. The van der Waals surface area contributed by atoms with Crippen molar-refractivity contribution in [2.24, 2.45) is 0 Å². The summed E-state index contributed by atoms with van der Waals surface area (Å²) in [6.07, 6.45) is 0.687. The standard InChI is InChI=1S/C15H19ClN2O4/c16-12-9-11(10-13-14(12)22-8-7-21-13)1-2-17-15(19)18-3-5-20-6-4-18/h9-10H,1-8H2,(H,17,19). The van der Waals surface area contributed by atoms with Crippen molar-refractivity contribution in [3.8, 4) is 11.5 Å². The second-order valence-corrected chi connectivity index (χ2v) is 5.59. The zero-order chi connectivity index (χ0) is 15.4. The van der Waals surface area contributed by atoms with Gasteiger partial charge in [-0.05, 0) is 24.1 Å². The third-order valence-corrected chi connectivity index (χ3v) is 3.93. The molecule has 120 valence electrons. The van der Waals surface area contributed by atoms with E-state index < -0.39 is 0 Å². The summed E-state index contributed by atoms with van der Waals surface area (Å²) in [4.78, 5) is 13.7. The van der Waals surface area contributed by atoms with Gasteiger partial charge in [-0.15, -0.1) is 0 Å². The second-order valence-electron chi connectivity index (χ2n) is 5.18. The number of ether oxygens (including phenoxy) is 3. The highest BCUT2D eigenvalue weighted by Gasteiger charge is 2.18. The van der Waals surface area contributed by atoms with Gasteiger partial charge in [0.2, 0.25) is 0 Å². The van der Waals surface area contributed by atoms with E-state index in [1.54, 1.807) is 4.90 Å². The van der Waals surface area contributed by atoms with Gasteiger partial charge in [0.25, 0.3) is 0 Å². The Morgan fingerprint density at radius 2 is 1.95 bits per heavy atom. The molecule has 3 rings (SSSR count). The number of benzene rings is 1. The molecule has 0 atom stereocenters. The van der Waals surface area contributed by atoms with Crippen LogP contribution in [-0.4, -0.2) is 57.0 Å². The monoisotopic (exact) mass is 326 g/mol. The minimum Gasteiger partial charge on any atom is -0.486 e. The largest absolute Gasteiger partial charge is 0.486 e. The van der Waals surface area contributed by atoms with Crippen molar-refractivity contribution in [2.45, 2.75) is 6.42 Å². The van der Waals surface area contributed by atoms with Crippen LogP contribution in [0.2, 0.25) is 5.02 Å². The Morgan fingerprint density at radius 3 is 2.77 bits per heavy atom. The van der Waals surface area contributed by atoms with Crippen molar-refractivity contribution in [1.82, 2.24) is 10.2 Å². The molecule has 0 spiro atoms. The summed E-state index contributed by atoms with van der Waals surface area (Å²) in [5.41, 5.74) is 1.01. The average molecular weight is 327 g/mol. The minimum absolute atomic E-state index is 0.0491. The molecule has 0 bridgehead atoms. The smallest absolute Gasteiger partial charge is 0.317 e. The number of fused-ring (bicyclic) bond motifs is 1. The lowest BCUT2D eigenvalue weighted by Gasteiger charge is -2.27. The van der Waals surface area contributed by atoms with Gasteiger partial charge in [-0.1, -0.05) is 11.6 Å². The summed E-state index contributed by atoms with van der Waals surface area (Å²) < 4.78 is 16.3. The second kappa shape index (κ2) is 7.07. The van der Waals surface area contributed by atoms with E-state index in [1.807, 2.05) is 12.1 Å². The van der Waals surface area contributed by atoms with Crippen molar-refractivity contribution in [3.05, 3.63) is 22.7 Å². The van der Waals surface area contributed by atoms with E-state index >= 15 is 0 Å². The van der Waals surface area contributed by atoms with Crippen molar-refractivity contribution < 1.29 is 19.0 Å². The number of hydrogen-bond acceptors (Lipinski definition) is 4. The molecule has 1 aromatic carbocycles. The van der Waals surface area contributed by atoms with E-state index in [9.17, 15) is 4.79 Å². The predicted octanol–water partition coefficient (Wildman–Crippen LogP) is 1.70. The number of amides is 2. The van der Waals surface area contributed by atoms with Crippen LogP contribution in [0.25, 0.3) is 0 Å². The van der Waals surface area contributed by atoms with Gasteiger partial charge in [0, 0.05) is 19.6 Å². The van der Waals surface area contributed by atoms with Gasteiger partial charge in [0.05, 0.1) is 18.2 Å². The van der Waals surface area contributed by atoms with Crippen LogP contribution in [0.4, 0.5) is 4.79 Å².